The van der Waals surface area contributed by atoms with E-state index in [0.717, 1.165) is 30.1 Å². The predicted octanol–water partition coefficient (Wildman–Crippen LogP) is 4.84. The molecule has 1 fully saturated rings. The maximum absolute atomic E-state index is 12.8. The van der Waals surface area contributed by atoms with Crippen LogP contribution in [0.4, 0.5) is 5.69 Å². The van der Waals surface area contributed by atoms with Crippen LogP contribution in [0, 0.1) is 11.8 Å². The number of ether oxygens (including phenoxy) is 1. The molecule has 158 valence electrons. The minimum absolute atomic E-state index is 0.0656. The van der Waals surface area contributed by atoms with Crippen molar-refractivity contribution in [2.75, 3.05) is 11.9 Å². The van der Waals surface area contributed by atoms with Gasteiger partial charge in [0.15, 0.2) is 0 Å². The number of amides is 2. The van der Waals surface area contributed by atoms with E-state index in [0.29, 0.717) is 29.3 Å². The summed E-state index contributed by atoms with van der Waals surface area (Å²) in [5.41, 5.74) is 2.15. The SMILES string of the molecule is CC1CCC(NC(=O)[C@@H]2COc3ccc(NC(=O)c4ccc(Cl)cc4)cc3C2)CC1. The number of halogens is 1. The van der Waals surface area contributed by atoms with Gasteiger partial charge < -0.3 is 15.4 Å². The molecule has 0 spiro atoms. The molecule has 0 saturated heterocycles. The zero-order valence-electron chi connectivity index (χ0n) is 17.1. The molecular formula is C24H27ClN2O3. The average molecular weight is 427 g/mol. The van der Waals surface area contributed by atoms with Crippen LogP contribution in [0.3, 0.4) is 0 Å². The molecule has 2 aromatic rings. The lowest BCUT2D eigenvalue weighted by molar-refractivity contribution is -0.127. The van der Waals surface area contributed by atoms with Gasteiger partial charge in [-0.15, -0.1) is 0 Å². The summed E-state index contributed by atoms with van der Waals surface area (Å²) in [7, 11) is 0. The summed E-state index contributed by atoms with van der Waals surface area (Å²) in [5.74, 6) is 1.18. The molecule has 2 aliphatic rings. The van der Waals surface area contributed by atoms with Crippen LogP contribution in [0.15, 0.2) is 42.5 Å². The Bertz CT molecular complexity index is 921. The molecule has 4 rings (SSSR count). The van der Waals surface area contributed by atoms with Gasteiger partial charge in [0, 0.05) is 22.3 Å². The molecule has 2 amide bonds. The molecule has 0 aromatic heterocycles. The fraction of sp³-hybridized carbons (Fsp3) is 0.417. The second-order valence-corrected chi connectivity index (χ2v) is 8.90. The van der Waals surface area contributed by atoms with Gasteiger partial charge in [-0.1, -0.05) is 18.5 Å². The first-order chi connectivity index (χ1) is 14.5. The number of anilines is 1. The van der Waals surface area contributed by atoms with Crippen LogP contribution in [0.2, 0.25) is 5.02 Å². The third-order valence-corrected chi connectivity index (χ3v) is 6.32. The summed E-state index contributed by atoms with van der Waals surface area (Å²) in [4.78, 5) is 25.2. The fourth-order valence-corrected chi connectivity index (χ4v) is 4.29. The molecule has 2 aromatic carbocycles. The highest BCUT2D eigenvalue weighted by Crippen LogP contribution is 2.31. The van der Waals surface area contributed by atoms with Crippen molar-refractivity contribution >= 4 is 29.1 Å². The van der Waals surface area contributed by atoms with Crippen molar-refractivity contribution < 1.29 is 14.3 Å². The van der Waals surface area contributed by atoms with Crippen LogP contribution in [0.1, 0.15) is 48.5 Å². The Labute approximate surface area is 182 Å². The van der Waals surface area contributed by atoms with E-state index in [1.54, 1.807) is 24.3 Å². The topological polar surface area (TPSA) is 67.4 Å². The Hall–Kier alpha value is -2.53. The molecule has 1 saturated carbocycles. The van der Waals surface area contributed by atoms with E-state index in [2.05, 4.69) is 17.6 Å². The second-order valence-electron chi connectivity index (χ2n) is 8.46. The summed E-state index contributed by atoms with van der Waals surface area (Å²) in [6.45, 7) is 2.66. The molecule has 5 nitrogen and oxygen atoms in total. The van der Waals surface area contributed by atoms with Crippen molar-refractivity contribution in [1.82, 2.24) is 5.32 Å². The van der Waals surface area contributed by atoms with Gasteiger partial charge in [-0.25, -0.2) is 0 Å². The van der Waals surface area contributed by atoms with E-state index in [4.69, 9.17) is 16.3 Å². The Morgan fingerprint density at radius 1 is 1.03 bits per heavy atom. The Morgan fingerprint density at radius 2 is 1.77 bits per heavy atom. The van der Waals surface area contributed by atoms with Crippen molar-refractivity contribution in [3.8, 4) is 5.75 Å². The molecule has 2 N–H and O–H groups in total. The number of nitrogens with one attached hydrogen (secondary N) is 2. The maximum atomic E-state index is 12.8. The molecular weight excluding hydrogens is 400 g/mol. The number of benzene rings is 2. The lowest BCUT2D eigenvalue weighted by Gasteiger charge is -2.30. The zero-order valence-corrected chi connectivity index (χ0v) is 17.9. The highest BCUT2D eigenvalue weighted by molar-refractivity contribution is 6.30. The maximum Gasteiger partial charge on any atom is 0.255 e. The Morgan fingerprint density at radius 3 is 2.50 bits per heavy atom. The summed E-state index contributed by atoms with van der Waals surface area (Å²) in [5, 5.41) is 6.70. The van der Waals surface area contributed by atoms with Crippen molar-refractivity contribution in [2.45, 2.75) is 45.1 Å². The third-order valence-electron chi connectivity index (χ3n) is 6.06. The number of fused-ring (bicyclic) bond motifs is 1. The lowest BCUT2D eigenvalue weighted by atomic mass is 9.87. The normalized spacial score (nSPS) is 23.1. The van der Waals surface area contributed by atoms with Gasteiger partial charge in [-0.2, -0.15) is 0 Å². The van der Waals surface area contributed by atoms with Crippen molar-refractivity contribution in [3.05, 3.63) is 58.6 Å². The van der Waals surface area contributed by atoms with Crippen molar-refractivity contribution in [3.63, 3.8) is 0 Å². The number of hydrogen-bond acceptors (Lipinski definition) is 3. The minimum Gasteiger partial charge on any atom is -0.492 e. The summed E-state index contributed by atoms with van der Waals surface area (Å²) < 4.78 is 5.83. The van der Waals surface area contributed by atoms with Crippen molar-refractivity contribution in [1.29, 1.82) is 0 Å². The lowest BCUT2D eigenvalue weighted by Crippen LogP contribution is -2.43. The number of carbonyl (C=O) groups is 2. The first-order valence-electron chi connectivity index (χ1n) is 10.6. The fourth-order valence-electron chi connectivity index (χ4n) is 4.17. The monoisotopic (exact) mass is 426 g/mol. The average Bonchev–Trinajstić information content (AvgIpc) is 2.75. The summed E-state index contributed by atoms with van der Waals surface area (Å²) >= 11 is 5.88. The smallest absolute Gasteiger partial charge is 0.255 e. The van der Waals surface area contributed by atoms with E-state index in [-0.39, 0.29) is 23.8 Å². The summed E-state index contributed by atoms with van der Waals surface area (Å²) in [6.07, 6.45) is 5.06. The molecule has 1 heterocycles. The van der Waals surface area contributed by atoms with Gasteiger partial charge in [0.1, 0.15) is 12.4 Å². The second kappa shape index (κ2) is 9.09. The largest absolute Gasteiger partial charge is 0.492 e. The van der Waals surface area contributed by atoms with Crippen molar-refractivity contribution in [2.24, 2.45) is 11.8 Å². The van der Waals surface area contributed by atoms with Crippen LogP contribution in [-0.2, 0) is 11.2 Å². The Balaban J connectivity index is 1.38. The van der Waals surface area contributed by atoms with Crippen LogP contribution >= 0.6 is 11.6 Å². The first-order valence-corrected chi connectivity index (χ1v) is 11.0. The van der Waals surface area contributed by atoms with E-state index in [9.17, 15) is 9.59 Å². The predicted molar refractivity (Wildman–Crippen MR) is 118 cm³/mol. The van der Waals surface area contributed by atoms with Crippen LogP contribution in [-0.4, -0.2) is 24.5 Å². The van der Waals surface area contributed by atoms with Gasteiger partial charge in [-0.3, -0.25) is 9.59 Å². The standard InChI is InChI=1S/C24H27ClN2O3/c1-15-2-8-20(9-3-15)26-24(29)18-12-17-13-21(10-11-22(17)30-14-18)27-23(28)16-4-6-19(25)7-5-16/h4-7,10-11,13,15,18,20H,2-3,8-9,12,14H2,1H3,(H,26,29)(H,27,28)/t15?,18-,20?/m0/s1. The number of rotatable bonds is 4. The van der Waals surface area contributed by atoms with Crippen LogP contribution in [0.5, 0.6) is 5.75 Å². The molecule has 1 atom stereocenters. The van der Waals surface area contributed by atoms with E-state index >= 15 is 0 Å². The molecule has 1 aliphatic heterocycles. The molecule has 0 radical (unpaired) electrons. The van der Waals surface area contributed by atoms with E-state index in [1.807, 2.05) is 18.2 Å². The molecule has 6 heteroatoms. The van der Waals surface area contributed by atoms with E-state index in [1.165, 1.54) is 12.8 Å². The zero-order chi connectivity index (χ0) is 21.1. The van der Waals surface area contributed by atoms with Gasteiger partial charge in [0.2, 0.25) is 5.91 Å². The van der Waals surface area contributed by atoms with Gasteiger partial charge in [0.25, 0.3) is 5.91 Å². The third kappa shape index (κ3) is 4.96. The number of hydrogen-bond donors (Lipinski definition) is 2. The molecule has 0 unspecified atom stereocenters. The summed E-state index contributed by atoms with van der Waals surface area (Å²) in [6, 6.07) is 12.6. The first kappa shape index (κ1) is 20.7. The van der Waals surface area contributed by atoms with Gasteiger partial charge in [0.05, 0.1) is 5.92 Å². The number of carbonyl (C=O) groups excluding carboxylic acids is 2. The highest BCUT2D eigenvalue weighted by atomic mass is 35.5. The minimum atomic E-state index is -0.209. The quantitative estimate of drug-likeness (QED) is 0.735. The van der Waals surface area contributed by atoms with Gasteiger partial charge in [-0.05, 0) is 86.1 Å². The van der Waals surface area contributed by atoms with E-state index < -0.39 is 0 Å². The van der Waals surface area contributed by atoms with Crippen LogP contribution < -0.4 is 15.4 Å². The van der Waals surface area contributed by atoms with Crippen LogP contribution in [0.25, 0.3) is 0 Å². The highest BCUT2D eigenvalue weighted by Gasteiger charge is 2.29. The Kier molecular flexibility index (Phi) is 6.28. The molecule has 30 heavy (non-hydrogen) atoms. The molecule has 0 bridgehead atoms. The van der Waals surface area contributed by atoms with Gasteiger partial charge >= 0.3 is 0 Å². The molecule has 1 aliphatic carbocycles.